The van der Waals surface area contributed by atoms with E-state index in [9.17, 15) is 27.6 Å². The molecule has 2 aliphatic rings. The van der Waals surface area contributed by atoms with E-state index in [1.165, 1.54) is 0 Å². The number of halogens is 3. The molecule has 1 heterocycles. The summed E-state index contributed by atoms with van der Waals surface area (Å²) in [6.07, 6.45) is -1.52. The number of hydrogen-bond acceptors (Lipinski definition) is 4. The van der Waals surface area contributed by atoms with Gasteiger partial charge in [0.2, 0.25) is 5.91 Å². The van der Waals surface area contributed by atoms with E-state index in [1.807, 2.05) is 5.32 Å². The molecule has 6 nitrogen and oxygen atoms in total. The van der Waals surface area contributed by atoms with Gasteiger partial charge in [-0.15, -0.1) is 0 Å². The van der Waals surface area contributed by atoms with E-state index in [1.54, 1.807) is 20.8 Å². The second-order valence-corrected chi connectivity index (χ2v) is 8.50. The van der Waals surface area contributed by atoms with E-state index < -0.39 is 52.7 Å². The molecular weight excluding hydrogens is 351 g/mol. The summed E-state index contributed by atoms with van der Waals surface area (Å²) in [5.41, 5.74) is 3.96. The Hall–Kier alpha value is -1.64. The summed E-state index contributed by atoms with van der Waals surface area (Å²) in [6, 6.07) is -2.83. The third-order valence-electron chi connectivity index (χ3n) is 5.50. The largest absolute Gasteiger partial charge is 0.471 e. The molecule has 26 heavy (non-hydrogen) atoms. The quantitative estimate of drug-likeness (QED) is 0.690. The number of Topliss-reactive ketones (excluding diaryl/α,β-unsaturated/α-hetero) is 1. The number of rotatable bonds is 4. The molecule has 0 aromatic carbocycles. The lowest BCUT2D eigenvalue weighted by Crippen LogP contribution is -2.59. The van der Waals surface area contributed by atoms with Crippen LogP contribution in [0.4, 0.5) is 13.2 Å². The lowest BCUT2D eigenvalue weighted by Gasteiger charge is -2.37. The Labute approximate surface area is 150 Å². The summed E-state index contributed by atoms with van der Waals surface area (Å²) < 4.78 is 38.1. The van der Waals surface area contributed by atoms with Crippen molar-refractivity contribution in [1.29, 1.82) is 0 Å². The second-order valence-electron chi connectivity index (χ2n) is 8.50. The van der Waals surface area contributed by atoms with Crippen LogP contribution in [0, 0.1) is 10.8 Å². The highest BCUT2D eigenvalue weighted by Gasteiger charge is 2.55. The Morgan fingerprint density at radius 1 is 1.15 bits per heavy atom. The topological polar surface area (TPSA) is 101 Å². The fourth-order valence-corrected chi connectivity index (χ4v) is 4.19. The van der Waals surface area contributed by atoms with Gasteiger partial charge in [0.25, 0.3) is 0 Å². The van der Waals surface area contributed by atoms with E-state index in [0.717, 1.165) is 12.8 Å². The second kappa shape index (κ2) is 6.83. The Balaban J connectivity index is 2.31. The number of carbonyl (C=O) groups is 3. The maximum Gasteiger partial charge on any atom is 0.471 e. The Morgan fingerprint density at radius 2 is 1.69 bits per heavy atom. The highest BCUT2D eigenvalue weighted by atomic mass is 19.4. The molecule has 9 heteroatoms. The monoisotopic (exact) mass is 377 g/mol. The molecule has 0 radical (unpaired) electrons. The van der Waals surface area contributed by atoms with Crippen molar-refractivity contribution >= 4 is 17.6 Å². The summed E-state index contributed by atoms with van der Waals surface area (Å²) in [5, 5.41) is 4.79. The van der Waals surface area contributed by atoms with Gasteiger partial charge in [-0.25, -0.2) is 0 Å². The zero-order valence-electron chi connectivity index (χ0n) is 15.2. The summed E-state index contributed by atoms with van der Waals surface area (Å²) in [5.74, 6) is -3.25. The maximum atomic E-state index is 13.2. The molecule has 2 unspecified atom stereocenters. The molecule has 0 aromatic rings. The highest BCUT2D eigenvalue weighted by molar-refractivity contribution is 5.96. The van der Waals surface area contributed by atoms with E-state index >= 15 is 0 Å². The number of nitrogens with one attached hydrogen (secondary N) is 2. The van der Waals surface area contributed by atoms with E-state index in [4.69, 9.17) is 5.73 Å². The molecule has 1 aliphatic carbocycles. The predicted octanol–water partition coefficient (Wildman–Crippen LogP) is 1.42. The third-order valence-corrected chi connectivity index (χ3v) is 5.50. The van der Waals surface area contributed by atoms with Crippen molar-refractivity contribution in [2.24, 2.45) is 16.6 Å². The molecule has 2 rings (SSSR count). The number of carbonyl (C=O) groups excluding carboxylic acids is 3. The van der Waals surface area contributed by atoms with Gasteiger partial charge in [-0.3, -0.25) is 19.7 Å². The zero-order chi connectivity index (χ0) is 19.9. The number of alkyl halides is 3. The maximum absolute atomic E-state index is 13.2. The smallest absolute Gasteiger partial charge is 0.368 e. The lowest BCUT2D eigenvalue weighted by atomic mass is 9.72. The molecule has 0 aromatic heterocycles. The number of hydrogen-bond donors (Lipinski definition) is 3. The number of ketones is 1. The van der Waals surface area contributed by atoms with Crippen LogP contribution >= 0.6 is 0 Å². The minimum Gasteiger partial charge on any atom is -0.368 e. The first-order chi connectivity index (χ1) is 11.8. The molecule has 2 amide bonds. The summed E-state index contributed by atoms with van der Waals surface area (Å²) in [6.45, 7) is 4.77. The van der Waals surface area contributed by atoms with Gasteiger partial charge in [-0.1, -0.05) is 33.6 Å². The Morgan fingerprint density at radius 3 is 2.12 bits per heavy atom. The van der Waals surface area contributed by atoms with Crippen LogP contribution in [0.15, 0.2) is 0 Å². The van der Waals surface area contributed by atoms with Gasteiger partial charge in [0.1, 0.15) is 0 Å². The van der Waals surface area contributed by atoms with Crippen LogP contribution in [0.3, 0.4) is 0 Å². The Kier molecular flexibility index (Phi) is 5.43. The molecule has 4 N–H and O–H groups in total. The predicted molar refractivity (Wildman–Crippen MR) is 87.9 cm³/mol. The van der Waals surface area contributed by atoms with Crippen molar-refractivity contribution < 1.29 is 27.6 Å². The van der Waals surface area contributed by atoms with Crippen LogP contribution in [-0.4, -0.2) is 41.9 Å². The molecule has 1 aliphatic heterocycles. The zero-order valence-corrected chi connectivity index (χ0v) is 15.2. The first-order valence-electron chi connectivity index (χ1n) is 8.75. The average molecular weight is 377 g/mol. The van der Waals surface area contributed by atoms with Gasteiger partial charge in [0.05, 0.1) is 18.1 Å². The fraction of sp³-hybridized carbons (Fsp3) is 0.824. The van der Waals surface area contributed by atoms with Gasteiger partial charge in [-0.05, 0) is 30.1 Å². The molecule has 148 valence electrons. The molecule has 0 bridgehead atoms. The Bertz CT molecular complexity index is 592. The lowest BCUT2D eigenvalue weighted by molar-refractivity contribution is -0.175. The van der Waals surface area contributed by atoms with Crippen molar-refractivity contribution in [2.75, 3.05) is 0 Å². The number of nitrogens with two attached hydrogens (primary N) is 1. The molecule has 3 atom stereocenters. The van der Waals surface area contributed by atoms with E-state index in [-0.39, 0.29) is 0 Å². The summed E-state index contributed by atoms with van der Waals surface area (Å²) in [4.78, 5) is 36.2. The minimum absolute atomic E-state index is 0.392. The van der Waals surface area contributed by atoms with Crippen molar-refractivity contribution in [3.8, 4) is 0 Å². The van der Waals surface area contributed by atoms with Gasteiger partial charge in [0.15, 0.2) is 5.78 Å². The number of amides is 2. The molecular formula is C17H26F3N3O3. The average Bonchev–Trinajstić information content (AvgIpc) is 3.10. The van der Waals surface area contributed by atoms with Crippen molar-refractivity contribution in [3.05, 3.63) is 0 Å². The SMILES string of the molecule is CC(C)(C)[C@H](NC(=O)C(F)(F)F)C(=O)C1NC(C(N)=O)CC12CCCC2. The normalized spacial score (nSPS) is 26.7. The minimum atomic E-state index is -5.08. The van der Waals surface area contributed by atoms with Crippen molar-refractivity contribution in [3.63, 3.8) is 0 Å². The van der Waals surface area contributed by atoms with Gasteiger partial charge < -0.3 is 11.1 Å². The van der Waals surface area contributed by atoms with Crippen LogP contribution < -0.4 is 16.4 Å². The number of primary amides is 1. The van der Waals surface area contributed by atoms with Crippen LogP contribution in [0.5, 0.6) is 0 Å². The molecule has 1 saturated heterocycles. The van der Waals surface area contributed by atoms with E-state index in [2.05, 4.69) is 5.32 Å². The van der Waals surface area contributed by atoms with Gasteiger partial charge in [-0.2, -0.15) is 13.2 Å². The van der Waals surface area contributed by atoms with E-state index in [0.29, 0.717) is 19.3 Å². The summed E-state index contributed by atoms with van der Waals surface area (Å²) >= 11 is 0. The first kappa shape index (κ1) is 20.7. The first-order valence-corrected chi connectivity index (χ1v) is 8.75. The van der Waals surface area contributed by atoms with Crippen LogP contribution in [0.25, 0.3) is 0 Å². The standard InChI is InChI=1S/C17H26F3N3O3/c1-15(2,3)11(23-14(26)17(18,19)20)10(24)12-16(6-4-5-7-16)8-9(22-12)13(21)25/h9,11-12,22H,4-8H2,1-3H3,(H2,21,25)(H,23,26)/t9?,11-,12?/m1/s1. The van der Waals surface area contributed by atoms with Crippen LogP contribution in [0.1, 0.15) is 52.9 Å². The summed E-state index contributed by atoms with van der Waals surface area (Å²) in [7, 11) is 0. The van der Waals surface area contributed by atoms with Gasteiger partial charge in [0, 0.05) is 0 Å². The third kappa shape index (κ3) is 4.02. The van der Waals surface area contributed by atoms with Gasteiger partial charge >= 0.3 is 12.1 Å². The van der Waals surface area contributed by atoms with Crippen molar-refractivity contribution in [1.82, 2.24) is 10.6 Å². The molecule has 1 spiro atoms. The van der Waals surface area contributed by atoms with Crippen molar-refractivity contribution in [2.45, 2.75) is 77.2 Å². The highest BCUT2D eigenvalue weighted by Crippen LogP contribution is 2.49. The fourth-order valence-electron chi connectivity index (χ4n) is 4.19. The molecule has 1 saturated carbocycles. The van der Waals surface area contributed by atoms with Crippen LogP contribution in [0.2, 0.25) is 0 Å². The van der Waals surface area contributed by atoms with Crippen LogP contribution in [-0.2, 0) is 14.4 Å². The molecule has 2 fully saturated rings.